The second-order valence-electron chi connectivity index (χ2n) is 6.16. The Kier molecular flexibility index (Phi) is 7.41. The van der Waals surface area contributed by atoms with E-state index >= 15 is 0 Å². The molecule has 0 bridgehead atoms. The Bertz CT molecular complexity index is 412. The van der Waals surface area contributed by atoms with E-state index in [-0.39, 0.29) is 5.41 Å². The average Bonchev–Trinajstić information content (AvgIpc) is 2.45. The monoisotopic (exact) mass is 286 g/mol. The molecule has 0 aliphatic heterocycles. The fourth-order valence-electron chi connectivity index (χ4n) is 2.93. The summed E-state index contributed by atoms with van der Waals surface area (Å²) in [5.41, 5.74) is 1.46. The van der Waals surface area contributed by atoms with Gasteiger partial charge in [0.1, 0.15) is 0 Å². The molecule has 1 aromatic rings. The summed E-state index contributed by atoms with van der Waals surface area (Å²) in [5, 5.41) is 3.65. The summed E-state index contributed by atoms with van der Waals surface area (Å²) in [6.45, 7) is 18.3. The minimum atomic E-state index is 0.114. The molecule has 116 valence electrons. The van der Waals surface area contributed by atoms with E-state index in [1.54, 1.807) is 0 Å². The van der Waals surface area contributed by atoms with Crippen LogP contribution in [-0.4, -0.2) is 31.1 Å². The lowest BCUT2D eigenvalue weighted by Crippen LogP contribution is -2.43. The fourth-order valence-corrected chi connectivity index (χ4v) is 2.93. The third kappa shape index (κ3) is 5.49. The Morgan fingerprint density at radius 2 is 1.71 bits per heavy atom. The summed E-state index contributed by atoms with van der Waals surface area (Å²) >= 11 is 0. The van der Waals surface area contributed by atoms with Crippen molar-refractivity contribution >= 4 is 0 Å². The molecular weight excluding hydrogens is 256 g/mol. The van der Waals surface area contributed by atoms with E-state index in [1.165, 1.54) is 5.56 Å². The van der Waals surface area contributed by atoms with Gasteiger partial charge in [-0.1, -0.05) is 63.3 Å². The molecular formula is C19H30N2. The summed E-state index contributed by atoms with van der Waals surface area (Å²) in [6.07, 6.45) is 3.93. The topological polar surface area (TPSA) is 15.3 Å². The van der Waals surface area contributed by atoms with Gasteiger partial charge in [-0.05, 0) is 17.5 Å². The van der Waals surface area contributed by atoms with Crippen LogP contribution in [-0.2, 0) is 0 Å². The number of hydrogen-bond donors (Lipinski definition) is 1. The Labute approximate surface area is 130 Å². The van der Waals surface area contributed by atoms with Crippen molar-refractivity contribution in [3.05, 3.63) is 61.2 Å². The van der Waals surface area contributed by atoms with Gasteiger partial charge in [-0.25, -0.2) is 0 Å². The molecule has 0 aromatic heterocycles. The third-order valence-corrected chi connectivity index (χ3v) is 3.73. The fraction of sp³-hybridized carbons (Fsp3) is 0.474. The first-order valence-electron chi connectivity index (χ1n) is 7.77. The first-order chi connectivity index (χ1) is 10.0. The molecule has 1 atom stereocenters. The second kappa shape index (κ2) is 8.81. The van der Waals surface area contributed by atoms with Crippen LogP contribution >= 0.6 is 0 Å². The maximum Gasteiger partial charge on any atom is 0.0384 e. The second-order valence-corrected chi connectivity index (χ2v) is 6.16. The van der Waals surface area contributed by atoms with Crippen molar-refractivity contribution in [3.8, 4) is 0 Å². The highest BCUT2D eigenvalue weighted by Gasteiger charge is 2.31. The van der Waals surface area contributed by atoms with Crippen LogP contribution in [0.25, 0.3) is 0 Å². The van der Waals surface area contributed by atoms with Gasteiger partial charge in [0.25, 0.3) is 0 Å². The number of nitrogens with zero attached hydrogens (tertiary/aromatic N) is 1. The Hall–Kier alpha value is -1.38. The highest BCUT2D eigenvalue weighted by atomic mass is 15.1. The van der Waals surface area contributed by atoms with Gasteiger partial charge in [-0.2, -0.15) is 0 Å². The molecule has 1 unspecified atom stereocenters. The van der Waals surface area contributed by atoms with Crippen LogP contribution in [0.3, 0.4) is 0 Å². The standard InChI is InChI=1S/C19H30N2/c1-6-14-21(15-7-2)16-19(4,5)18(20-8-3)17-12-10-9-11-13-17/h6-7,9-13,18,20H,1-2,8,14-16H2,3-5H3. The normalized spacial score (nSPS) is 13.1. The van der Waals surface area contributed by atoms with Crippen molar-refractivity contribution in [3.63, 3.8) is 0 Å². The largest absolute Gasteiger partial charge is 0.310 e. The summed E-state index contributed by atoms with van der Waals surface area (Å²) in [4.78, 5) is 2.38. The Balaban J connectivity index is 2.92. The van der Waals surface area contributed by atoms with Crippen LogP contribution in [0.4, 0.5) is 0 Å². The van der Waals surface area contributed by atoms with E-state index in [2.05, 4.69) is 74.5 Å². The molecule has 0 spiro atoms. The van der Waals surface area contributed by atoms with Gasteiger partial charge in [0, 0.05) is 25.7 Å². The quantitative estimate of drug-likeness (QED) is 0.653. The molecule has 1 aromatic carbocycles. The third-order valence-electron chi connectivity index (χ3n) is 3.73. The van der Waals surface area contributed by atoms with Crippen LogP contribution in [0.2, 0.25) is 0 Å². The van der Waals surface area contributed by atoms with Crippen LogP contribution in [0.5, 0.6) is 0 Å². The zero-order chi connectivity index (χ0) is 15.7. The number of hydrogen-bond acceptors (Lipinski definition) is 2. The van der Waals surface area contributed by atoms with E-state index in [4.69, 9.17) is 0 Å². The van der Waals surface area contributed by atoms with Gasteiger partial charge in [0.15, 0.2) is 0 Å². The van der Waals surface area contributed by atoms with E-state index in [9.17, 15) is 0 Å². The van der Waals surface area contributed by atoms with Crippen molar-refractivity contribution < 1.29 is 0 Å². The number of rotatable bonds is 10. The maximum atomic E-state index is 3.86. The first-order valence-corrected chi connectivity index (χ1v) is 7.77. The molecule has 0 aliphatic rings. The van der Waals surface area contributed by atoms with E-state index in [1.807, 2.05) is 12.2 Å². The number of benzene rings is 1. The molecule has 0 fully saturated rings. The molecule has 2 heteroatoms. The molecule has 0 heterocycles. The molecule has 1 N–H and O–H groups in total. The summed E-state index contributed by atoms with van der Waals surface area (Å²) in [6, 6.07) is 11.0. The van der Waals surface area contributed by atoms with Crippen molar-refractivity contribution in [1.82, 2.24) is 10.2 Å². The Morgan fingerprint density at radius 3 is 2.19 bits per heavy atom. The molecule has 0 amide bonds. The van der Waals surface area contributed by atoms with Crippen LogP contribution < -0.4 is 5.32 Å². The van der Waals surface area contributed by atoms with Crippen LogP contribution in [0, 0.1) is 5.41 Å². The smallest absolute Gasteiger partial charge is 0.0384 e. The van der Waals surface area contributed by atoms with Gasteiger partial charge in [0.05, 0.1) is 0 Å². The molecule has 0 saturated carbocycles. The average molecular weight is 286 g/mol. The van der Waals surface area contributed by atoms with E-state index < -0.39 is 0 Å². The van der Waals surface area contributed by atoms with Gasteiger partial charge in [-0.15, -0.1) is 13.2 Å². The zero-order valence-electron chi connectivity index (χ0n) is 13.8. The lowest BCUT2D eigenvalue weighted by Gasteiger charge is -2.39. The zero-order valence-corrected chi connectivity index (χ0v) is 13.8. The highest BCUT2D eigenvalue weighted by Crippen LogP contribution is 2.34. The summed E-state index contributed by atoms with van der Waals surface area (Å²) < 4.78 is 0. The molecule has 0 aliphatic carbocycles. The minimum absolute atomic E-state index is 0.114. The van der Waals surface area contributed by atoms with E-state index in [0.717, 1.165) is 26.2 Å². The van der Waals surface area contributed by atoms with Gasteiger partial charge in [-0.3, -0.25) is 4.90 Å². The van der Waals surface area contributed by atoms with Crippen molar-refractivity contribution in [2.75, 3.05) is 26.2 Å². The highest BCUT2D eigenvalue weighted by molar-refractivity contribution is 5.21. The van der Waals surface area contributed by atoms with Crippen LogP contribution in [0.1, 0.15) is 32.4 Å². The lowest BCUT2D eigenvalue weighted by molar-refractivity contribution is 0.156. The Morgan fingerprint density at radius 1 is 1.14 bits per heavy atom. The predicted octanol–water partition coefficient (Wildman–Crippen LogP) is 4.04. The van der Waals surface area contributed by atoms with Gasteiger partial charge < -0.3 is 5.32 Å². The predicted molar refractivity (Wildman–Crippen MR) is 93.5 cm³/mol. The summed E-state index contributed by atoms with van der Waals surface area (Å²) in [5.74, 6) is 0. The van der Waals surface area contributed by atoms with Crippen molar-refractivity contribution in [2.45, 2.75) is 26.8 Å². The van der Waals surface area contributed by atoms with Crippen molar-refractivity contribution in [1.29, 1.82) is 0 Å². The number of nitrogens with one attached hydrogen (secondary N) is 1. The summed E-state index contributed by atoms with van der Waals surface area (Å²) in [7, 11) is 0. The molecule has 0 radical (unpaired) electrons. The lowest BCUT2D eigenvalue weighted by atomic mass is 9.79. The minimum Gasteiger partial charge on any atom is -0.310 e. The molecule has 2 nitrogen and oxygen atoms in total. The van der Waals surface area contributed by atoms with Crippen LogP contribution in [0.15, 0.2) is 55.6 Å². The van der Waals surface area contributed by atoms with Gasteiger partial charge >= 0.3 is 0 Å². The molecule has 0 saturated heterocycles. The molecule has 1 rings (SSSR count). The van der Waals surface area contributed by atoms with Gasteiger partial charge in [0.2, 0.25) is 0 Å². The molecule has 21 heavy (non-hydrogen) atoms. The maximum absolute atomic E-state index is 3.86. The van der Waals surface area contributed by atoms with Crippen molar-refractivity contribution in [2.24, 2.45) is 5.41 Å². The first kappa shape index (κ1) is 17.7. The van der Waals surface area contributed by atoms with E-state index in [0.29, 0.717) is 6.04 Å². The SMILES string of the molecule is C=CCN(CC=C)CC(C)(C)C(NCC)c1ccccc1.